The Balaban J connectivity index is 1.60. The maximum Gasteiger partial charge on any atom is 0.277 e. The number of aromatic nitrogens is 5. The van der Waals surface area contributed by atoms with Gasteiger partial charge in [-0.15, -0.1) is 5.10 Å². The molecule has 0 aliphatic heterocycles. The number of carbonyl (C=O) groups is 1. The van der Waals surface area contributed by atoms with E-state index in [1.165, 1.54) is 0 Å². The van der Waals surface area contributed by atoms with Crippen LogP contribution in [-0.4, -0.2) is 31.1 Å². The van der Waals surface area contributed by atoms with Crippen molar-refractivity contribution < 1.29 is 4.79 Å². The van der Waals surface area contributed by atoms with Crippen LogP contribution in [0.25, 0.3) is 16.6 Å². The third-order valence-corrected chi connectivity index (χ3v) is 4.02. The van der Waals surface area contributed by atoms with Gasteiger partial charge in [-0.2, -0.15) is 5.10 Å². The molecule has 0 bridgehead atoms. The number of hydrogen-bond acceptors (Lipinski definition) is 4. The zero-order valence-corrected chi connectivity index (χ0v) is 13.9. The fraction of sp³-hybridized carbons (Fsp3) is 0. The molecule has 2 heterocycles. The van der Waals surface area contributed by atoms with Crippen molar-refractivity contribution in [3.8, 4) is 5.69 Å². The van der Waals surface area contributed by atoms with Gasteiger partial charge in [0.25, 0.3) is 5.91 Å². The molecule has 8 heteroatoms. The molecule has 0 saturated heterocycles. The molecule has 4 rings (SSSR count). The number of nitrogens with one attached hydrogen (secondary N) is 2. The zero-order valence-electron chi connectivity index (χ0n) is 12.3. The van der Waals surface area contributed by atoms with Gasteiger partial charge in [0.05, 0.1) is 29.3 Å². The highest BCUT2D eigenvalue weighted by Crippen LogP contribution is 2.21. The summed E-state index contributed by atoms with van der Waals surface area (Å²) in [5.74, 6) is -0.335. The molecule has 0 fully saturated rings. The van der Waals surface area contributed by atoms with E-state index in [0.29, 0.717) is 5.69 Å². The smallest absolute Gasteiger partial charge is 0.277 e. The van der Waals surface area contributed by atoms with Crippen molar-refractivity contribution >= 4 is 38.4 Å². The predicted molar refractivity (Wildman–Crippen MR) is 93.1 cm³/mol. The van der Waals surface area contributed by atoms with E-state index in [9.17, 15) is 4.79 Å². The molecule has 0 aliphatic carbocycles. The van der Waals surface area contributed by atoms with Gasteiger partial charge in [-0.1, -0.05) is 39.3 Å². The molecule has 2 aromatic carbocycles. The van der Waals surface area contributed by atoms with Crippen molar-refractivity contribution in [1.29, 1.82) is 0 Å². The lowest BCUT2D eigenvalue weighted by atomic mass is 10.2. The van der Waals surface area contributed by atoms with Crippen LogP contribution in [0, 0.1) is 0 Å². The predicted octanol–water partition coefficient (Wildman–Crippen LogP) is 3.16. The standard InChI is InChI=1S/C16H11BrN6O/c17-11-4-2-5-12(7-11)23-9-14(20-22-23)16(24)19-13-6-1-3-10-8-18-21-15(10)13/h1-9H,(H,18,21)(H,19,24). The van der Waals surface area contributed by atoms with E-state index in [1.807, 2.05) is 36.4 Å². The number of fused-ring (bicyclic) bond motifs is 1. The van der Waals surface area contributed by atoms with E-state index >= 15 is 0 Å². The van der Waals surface area contributed by atoms with Gasteiger partial charge in [0, 0.05) is 9.86 Å². The quantitative estimate of drug-likeness (QED) is 0.569. The van der Waals surface area contributed by atoms with Crippen molar-refractivity contribution in [1.82, 2.24) is 25.2 Å². The third-order valence-electron chi connectivity index (χ3n) is 3.52. The lowest BCUT2D eigenvalue weighted by molar-refractivity contribution is 0.102. The summed E-state index contributed by atoms with van der Waals surface area (Å²) in [6, 6.07) is 13.1. The zero-order chi connectivity index (χ0) is 16.5. The molecule has 24 heavy (non-hydrogen) atoms. The van der Waals surface area contributed by atoms with Crippen LogP contribution in [0.5, 0.6) is 0 Å². The summed E-state index contributed by atoms with van der Waals surface area (Å²) in [5, 5.41) is 18.6. The van der Waals surface area contributed by atoms with E-state index in [-0.39, 0.29) is 11.6 Å². The molecule has 4 aromatic rings. The Hall–Kier alpha value is -3.00. The van der Waals surface area contributed by atoms with Crippen molar-refractivity contribution in [2.75, 3.05) is 5.32 Å². The molecule has 118 valence electrons. The molecular weight excluding hydrogens is 372 g/mol. The van der Waals surface area contributed by atoms with Gasteiger partial charge in [-0.3, -0.25) is 9.89 Å². The summed E-state index contributed by atoms with van der Waals surface area (Å²) < 4.78 is 2.48. The third kappa shape index (κ3) is 2.67. The van der Waals surface area contributed by atoms with E-state index in [4.69, 9.17) is 0 Å². The Kier molecular flexibility index (Phi) is 3.58. The summed E-state index contributed by atoms with van der Waals surface area (Å²) in [6.07, 6.45) is 3.29. The Morgan fingerprint density at radius 3 is 2.96 bits per heavy atom. The number of anilines is 1. The highest BCUT2D eigenvalue weighted by Gasteiger charge is 2.13. The monoisotopic (exact) mass is 382 g/mol. The minimum Gasteiger partial charge on any atom is -0.319 e. The number of nitrogens with zero attached hydrogens (tertiary/aromatic N) is 4. The van der Waals surface area contributed by atoms with Crippen LogP contribution in [0.1, 0.15) is 10.5 Å². The molecule has 0 aliphatic rings. The van der Waals surface area contributed by atoms with Crippen molar-refractivity contribution in [3.63, 3.8) is 0 Å². The molecular formula is C16H11BrN6O. The maximum absolute atomic E-state index is 12.4. The largest absolute Gasteiger partial charge is 0.319 e. The number of hydrogen-bond donors (Lipinski definition) is 2. The Morgan fingerprint density at radius 1 is 1.21 bits per heavy atom. The highest BCUT2D eigenvalue weighted by atomic mass is 79.9. The first-order valence-electron chi connectivity index (χ1n) is 7.12. The summed E-state index contributed by atoms with van der Waals surface area (Å²) in [5.41, 5.74) is 2.45. The van der Waals surface area contributed by atoms with Crippen LogP contribution in [0.4, 0.5) is 5.69 Å². The molecule has 2 N–H and O–H groups in total. The number of halogens is 1. The topological polar surface area (TPSA) is 88.5 Å². The minimum absolute atomic E-state index is 0.228. The molecule has 0 unspecified atom stereocenters. The summed E-state index contributed by atoms with van der Waals surface area (Å²) in [6.45, 7) is 0. The van der Waals surface area contributed by atoms with E-state index in [1.54, 1.807) is 23.1 Å². The molecule has 0 atom stereocenters. The van der Waals surface area contributed by atoms with Gasteiger partial charge in [-0.05, 0) is 24.3 Å². The first-order chi connectivity index (χ1) is 11.7. The van der Waals surface area contributed by atoms with Crippen LogP contribution in [0.15, 0.2) is 59.3 Å². The molecule has 1 amide bonds. The van der Waals surface area contributed by atoms with Gasteiger partial charge in [0.2, 0.25) is 0 Å². The summed E-state index contributed by atoms with van der Waals surface area (Å²) in [4.78, 5) is 12.4. The van der Waals surface area contributed by atoms with Gasteiger partial charge in [0.1, 0.15) is 0 Å². The number of amides is 1. The number of H-pyrrole nitrogens is 1. The molecule has 0 spiro atoms. The number of carbonyl (C=O) groups excluding carboxylic acids is 1. The molecule has 2 aromatic heterocycles. The number of aromatic amines is 1. The van der Waals surface area contributed by atoms with E-state index in [0.717, 1.165) is 21.1 Å². The van der Waals surface area contributed by atoms with Crippen LogP contribution >= 0.6 is 15.9 Å². The van der Waals surface area contributed by atoms with Gasteiger partial charge >= 0.3 is 0 Å². The fourth-order valence-corrected chi connectivity index (χ4v) is 2.76. The summed E-state index contributed by atoms with van der Waals surface area (Å²) in [7, 11) is 0. The molecule has 0 saturated carbocycles. The van der Waals surface area contributed by atoms with Crippen LogP contribution in [-0.2, 0) is 0 Å². The lowest BCUT2D eigenvalue weighted by Crippen LogP contribution is -2.12. The first-order valence-corrected chi connectivity index (χ1v) is 7.92. The summed E-state index contributed by atoms with van der Waals surface area (Å²) >= 11 is 3.41. The van der Waals surface area contributed by atoms with Crippen molar-refractivity contribution in [2.45, 2.75) is 0 Å². The molecule has 0 radical (unpaired) electrons. The second kappa shape index (κ2) is 5.89. The van der Waals surface area contributed by atoms with Crippen LogP contribution in [0.2, 0.25) is 0 Å². The average Bonchev–Trinajstić information content (AvgIpc) is 3.25. The van der Waals surface area contributed by atoms with Gasteiger partial charge < -0.3 is 5.32 Å². The van der Waals surface area contributed by atoms with Crippen LogP contribution < -0.4 is 5.32 Å². The van der Waals surface area contributed by atoms with Gasteiger partial charge in [-0.25, -0.2) is 4.68 Å². The second-order valence-electron chi connectivity index (χ2n) is 5.12. The lowest BCUT2D eigenvalue weighted by Gasteiger charge is -2.03. The Morgan fingerprint density at radius 2 is 2.08 bits per heavy atom. The Bertz CT molecular complexity index is 1040. The fourth-order valence-electron chi connectivity index (χ4n) is 2.37. The van der Waals surface area contributed by atoms with Crippen molar-refractivity contribution in [3.05, 3.63) is 65.0 Å². The number of rotatable bonds is 3. The normalized spacial score (nSPS) is 10.9. The van der Waals surface area contributed by atoms with Gasteiger partial charge in [0.15, 0.2) is 5.69 Å². The first kappa shape index (κ1) is 14.6. The SMILES string of the molecule is O=C(Nc1cccc2cn[nH]c12)c1cn(-c2cccc(Br)c2)nn1. The second-order valence-corrected chi connectivity index (χ2v) is 6.04. The molecule has 7 nitrogen and oxygen atoms in total. The number of para-hydroxylation sites is 1. The number of benzene rings is 2. The average molecular weight is 383 g/mol. The van der Waals surface area contributed by atoms with Crippen LogP contribution in [0.3, 0.4) is 0 Å². The van der Waals surface area contributed by atoms with E-state index in [2.05, 4.69) is 41.8 Å². The van der Waals surface area contributed by atoms with E-state index < -0.39 is 0 Å². The Labute approximate surface area is 144 Å². The maximum atomic E-state index is 12.4. The highest BCUT2D eigenvalue weighted by molar-refractivity contribution is 9.10. The van der Waals surface area contributed by atoms with Crippen molar-refractivity contribution in [2.24, 2.45) is 0 Å². The minimum atomic E-state index is -0.335.